The number of alkyl halides is 1. The molecule has 35 valence electrons. The summed E-state index contributed by atoms with van der Waals surface area (Å²) < 4.78 is 0. The van der Waals surface area contributed by atoms with Gasteiger partial charge in [0.2, 0.25) is 0 Å². The maximum atomic E-state index is 9.39. The van der Waals surface area contributed by atoms with Gasteiger partial charge >= 0.3 is 0 Å². The van der Waals surface area contributed by atoms with E-state index in [1.165, 1.54) is 0 Å². The second kappa shape index (κ2) is 3.28. The Morgan fingerprint density at radius 2 is 2.50 bits per heavy atom. The van der Waals surface area contributed by atoms with Crippen LogP contribution in [0, 0.1) is 11.8 Å². The minimum absolute atomic E-state index is 0.329. The highest BCUT2D eigenvalue weighted by Crippen LogP contribution is 1.90. The molecule has 0 aromatic carbocycles. The van der Waals surface area contributed by atoms with Crippen LogP contribution in [0.2, 0.25) is 0 Å². The van der Waals surface area contributed by atoms with Gasteiger partial charge < -0.3 is 0 Å². The van der Waals surface area contributed by atoms with E-state index in [0.717, 1.165) is 0 Å². The molecule has 1 atom stereocenters. The summed E-state index contributed by atoms with van der Waals surface area (Å²) in [5.74, 6) is 0. The first-order chi connectivity index (χ1) is 2.81. The zero-order chi connectivity index (χ0) is 4.99. The highest BCUT2D eigenvalue weighted by Gasteiger charge is 1.92. The molecular formula is C3H5BrNO. The summed E-state index contributed by atoms with van der Waals surface area (Å²) in [6, 6.07) is -0.329. The molecule has 1 radical (unpaired) electrons. The Hall–Kier alpha value is 0.0800. The molecular weight excluding hydrogens is 146 g/mol. The normalized spacial score (nSPS) is 13.7. The molecule has 1 unspecified atom stereocenters. The van der Waals surface area contributed by atoms with Crippen LogP contribution in [0.3, 0.4) is 0 Å². The molecule has 0 saturated heterocycles. The molecule has 0 aromatic heterocycles. The molecule has 3 heteroatoms. The predicted octanol–water partition coefficient (Wildman–Crippen LogP) is 1.35. The molecule has 0 heterocycles. The van der Waals surface area contributed by atoms with Gasteiger partial charge in [-0.3, -0.25) is 0 Å². The van der Waals surface area contributed by atoms with Gasteiger partial charge in [-0.25, -0.2) is 0 Å². The fraction of sp³-hybridized carbons (Fsp3) is 0.667. The predicted molar refractivity (Wildman–Crippen MR) is 28.7 cm³/mol. The zero-order valence-electron chi connectivity index (χ0n) is 3.22. The van der Waals surface area contributed by atoms with Gasteiger partial charge in [-0.1, -0.05) is 21.1 Å². The minimum Gasteiger partial charge on any atom is -0.150 e. The number of halogens is 1. The van der Waals surface area contributed by atoms with E-state index in [1.54, 1.807) is 0 Å². The van der Waals surface area contributed by atoms with Crippen LogP contribution in [-0.4, -0.2) is 11.4 Å². The molecule has 6 heavy (non-hydrogen) atoms. The highest BCUT2D eigenvalue weighted by molar-refractivity contribution is 9.09. The SMILES string of the molecule is [CH2]C(CBr)N=O. The van der Waals surface area contributed by atoms with Crippen molar-refractivity contribution in [3.8, 4) is 0 Å². The average molecular weight is 151 g/mol. The van der Waals surface area contributed by atoms with Gasteiger partial charge in [-0.05, 0) is 6.92 Å². The summed E-state index contributed by atoms with van der Waals surface area (Å²) in [5, 5.41) is 3.15. The van der Waals surface area contributed by atoms with Crippen LogP contribution in [0.1, 0.15) is 0 Å². The third kappa shape index (κ3) is 2.33. The maximum Gasteiger partial charge on any atom is 0.102 e. The molecule has 0 aromatic rings. The second-order valence-electron chi connectivity index (χ2n) is 0.914. The van der Waals surface area contributed by atoms with Gasteiger partial charge in [0.1, 0.15) is 6.04 Å². The number of hydrogen-bond donors (Lipinski definition) is 0. The number of rotatable bonds is 2. The lowest BCUT2D eigenvalue weighted by molar-refractivity contribution is 0.934. The molecule has 0 bridgehead atoms. The van der Waals surface area contributed by atoms with Crippen LogP contribution in [0.25, 0.3) is 0 Å². The summed E-state index contributed by atoms with van der Waals surface area (Å²) >= 11 is 3.02. The van der Waals surface area contributed by atoms with Crippen LogP contribution in [0.5, 0.6) is 0 Å². The summed E-state index contributed by atoms with van der Waals surface area (Å²) in [6.45, 7) is 3.35. The Bertz CT molecular complexity index is 48.1. The molecule has 0 saturated carbocycles. The Balaban J connectivity index is 2.96. The Morgan fingerprint density at radius 1 is 2.00 bits per heavy atom. The van der Waals surface area contributed by atoms with Crippen molar-refractivity contribution in [1.29, 1.82) is 0 Å². The first-order valence-electron chi connectivity index (χ1n) is 1.52. The van der Waals surface area contributed by atoms with E-state index in [1.807, 2.05) is 0 Å². The van der Waals surface area contributed by atoms with Crippen molar-refractivity contribution < 1.29 is 0 Å². The van der Waals surface area contributed by atoms with E-state index >= 15 is 0 Å². The summed E-state index contributed by atoms with van der Waals surface area (Å²) in [5.41, 5.74) is 0. The van der Waals surface area contributed by atoms with Gasteiger partial charge in [-0.15, -0.1) is 0 Å². The Morgan fingerprint density at radius 3 is 2.50 bits per heavy atom. The Labute approximate surface area is 45.0 Å². The van der Waals surface area contributed by atoms with E-state index in [-0.39, 0.29) is 6.04 Å². The number of nitrogens with zero attached hydrogens (tertiary/aromatic N) is 1. The number of hydrogen-bond acceptors (Lipinski definition) is 2. The fourth-order valence-electron chi connectivity index (χ4n) is 0.0282. The fourth-order valence-corrected chi connectivity index (χ4v) is 0.146. The molecule has 0 aliphatic heterocycles. The Kier molecular flexibility index (Phi) is 3.32. The van der Waals surface area contributed by atoms with Crippen molar-refractivity contribution in [2.45, 2.75) is 6.04 Å². The van der Waals surface area contributed by atoms with E-state index in [9.17, 15) is 4.91 Å². The second-order valence-corrected chi connectivity index (χ2v) is 1.56. The van der Waals surface area contributed by atoms with Crippen LogP contribution in [0.4, 0.5) is 0 Å². The standard InChI is InChI=1S/C3H5BrNO/c1-3(2-4)5-6/h3H,1-2H2. The zero-order valence-corrected chi connectivity index (χ0v) is 4.81. The van der Waals surface area contributed by atoms with E-state index < -0.39 is 0 Å². The van der Waals surface area contributed by atoms with Gasteiger partial charge in [0.25, 0.3) is 0 Å². The van der Waals surface area contributed by atoms with Crippen molar-refractivity contribution in [2.24, 2.45) is 5.18 Å². The van der Waals surface area contributed by atoms with Crippen molar-refractivity contribution >= 4 is 15.9 Å². The molecule has 0 N–H and O–H groups in total. The molecule has 0 aliphatic rings. The third-order valence-corrected chi connectivity index (χ3v) is 1.07. The third-order valence-electron chi connectivity index (χ3n) is 0.327. The lowest BCUT2D eigenvalue weighted by atomic mass is 10.4. The van der Waals surface area contributed by atoms with Gasteiger partial charge in [0.15, 0.2) is 0 Å². The molecule has 0 amide bonds. The molecule has 0 aliphatic carbocycles. The topological polar surface area (TPSA) is 29.4 Å². The van der Waals surface area contributed by atoms with Crippen LogP contribution < -0.4 is 0 Å². The van der Waals surface area contributed by atoms with Gasteiger partial charge in [0, 0.05) is 5.33 Å². The maximum absolute atomic E-state index is 9.39. The van der Waals surface area contributed by atoms with Crippen molar-refractivity contribution in [2.75, 3.05) is 5.33 Å². The van der Waals surface area contributed by atoms with Crippen molar-refractivity contribution in [1.82, 2.24) is 0 Å². The lowest BCUT2D eigenvalue weighted by Crippen LogP contribution is -1.95. The van der Waals surface area contributed by atoms with E-state index in [2.05, 4.69) is 28.0 Å². The van der Waals surface area contributed by atoms with Crippen LogP contribution >= 0.6 is 15.9 Å². The van der Waals surface area contributed by atoms with Crippen LogP contribution in [-0.2, 0) is 0 Å². The molecule has 2 nitrogen and oxygen atoms in total. The number of nitroso groups, excluding NO2 is 1. The quantitative estimate of drug-likeness (QED) is 0.432. The summed E-state index contributed by atoms with van der Waals surface area (Å²) in [6.07, 6.45) is 0. The van der Waals surface area contributed by atoms with E-state index in [0.29, 0.717) is 5.33 Å². The van der Waals surface area contributed by atoms with Gasteiger partial charge in [-0.2, -0.15) is 4.91 Å². The van der Waals surface area contributed by atoms with E-state index in [4.69, 9.17) is 0 Å². The summed E-state index contributed by atoms with van der Waals surface area (Å²) in [4.78, 5) is 9.39. The van der Waals surface area contributed by atoms with Crippen molar-refractivity contribution in [3.05, 3.63) is 11.8 Å². The largest absolute Gasteiger partial charge is 0.150 e. The monoisotopic (exact) mass is 150 g/mol. The first-order valence-corrected chi connectivity index (χ1v) is 2.65. The average Bonchev–Trinajstić information content (AvgIpc) is 1.65. The molecule has 0 fully saturated rings. The van der Waals surface area contributed by atoms with Gasteiger partial charge in [0.05, 0.1) is 0 Å². The highest BCUT2D eigenvalue weighted by atomic mass is 79.9. The minimum atomic E-state index is -0.329. The van der Waals surface area contributed by atoms with Crippen LogP contribution in [0.15, 0.2) is 5.18 Å². The first kappa shape index (κ1) is 6.08. The lowest BCUT2D eigenvalue weighted by Gasteiger charge is -1.86. The molecule has 0 spiro atoms. The smallest absolute Gasteiger partial charge is 0.102 e. The van der Waals surface area contributed by atoms with Crippen molar-refractivity contribution in [3.63, 3.8) is 0 Å². The molecule has 0 rings (SSSR count). The summed E-state index contributed by atoms with van der Waals surface area (Å²) in [7, 11) is 0.